The summed E-state index contributed by atoms with van der Waals surface area (Å²) in [5.74, 6) is 0.332. The Morgan fingerprint density at radius 2 is 1.16 bits per heavy atom. The molecule has 284 valence electrons. The topological polar surface area (TPSA) is 95.4 Å². The number of aromatic nitrogens is 6. The maximum atomic E-state index is 13.8. The molecule has 0 spiro atoms. The van der Waals surface area contributed by atoms with Gasteiger partial charge in [0, 0.05) is 33.3 Å². The van der Waals surface area contributed by atoms with E-state index in [1.807, 2.05) is 28.7 Å². The van der Waals surface area contributed by atoms with Gasteiger partial charge in [-0.15, -0.1) is 11.6 Å². The van der Waals surface area contributed by atoms with Gasteiger partial charge in [0.25, 0.3) is 0 Å². The number of nitrogens with zero attached hydrogens (tertiary/aromatic N) is 6. The molecule has 0 amide bonds. The zero-order valence-corrected chi connectivity index (χ0v) is 32.7. The molecule has 4 aromatic carbocycles. The fourth-order valence-corrected chi connectivity index (χ4v) is 7.66. The van der Waals surface area contributed by atoms with Crippen LogP contribution in [-0.2, 0) is 24.8 Å². The molecule has 56 heavy (non-hydrogen) atoms. The molecular weight excluding hydrogens is 914 g/mol. The highest BCUT2D eigenvalue weighted by molar-refractivity contribution is 14.1. The molecule has 4 aromatic heterocycles. The number of alkyl halides is 7. The van der Waals surface area contributed by atoms with Crippen molar-refractivity contribution in [3.63, 3.8) is 0 Å². The summed E-state index contributed by atoms with van der Waals surface area (Å²) >= 11 is 20.4. The van der Waals surface area contributed by atoms with Crippen LogP contribution < -0.4 is 5.73 Å². The minimum Gasteiger partial charge on any atom is -0.383 e. The lowest BCUT2D eigenvalue weighted by Gasteiger charge is -2.16. The van der Waals surface area contributed by atoms with Crippen molar-refractivity contribution < 1.29 is 26.3 Å². The van der Waals surface area contributed by atoms with E-state index in [4.69, 9.17) is 40.5 Å². The van der Waals surface area contributed by atoms with Crippen LogP contribution >= 0.6 is 57.4 Å². The van der Waals surface area contributed by atoms with E-state index in [9.17, 15) is 26.3 Å². The number of hydrogen-bond acceptors (Lipinski definition) is 6. The van der Waals surface area contributed by atoms with E-state index < -0.39 is 23.5 Å². The van der Waals surface area contributed by atoms with E-state index in [2.05, 4.69) is 25.0 Å². The van der Waals surface area contributed by atoms with Crippen LogP contribution in [0.1, 0.15) is 22.3 Å². The van der Waals surface area contributed by atoms with Gasteiger partial charge in [-0.3, -0.25) is 0 Å². The Morgan fingerprint density at radius 3 is 1.68 bits per heavy atom. The Morgan fingerprint density at radius 1 is 0.661 bits per heavy atom. The molecule has 4 heterocycles. The van der Waals surface area contributed by atoms with Crippen LogP contribution in [0.5, 0.6) is 0 Å². The van der Waals surface area contributed by atoms with Gasteiger partial charge < -0.3 is 5.73 Å². The Kier molecular flexibility index (Phi) is 11.0. The smallest absolute Gasteiger partial charge is 0.383 e. The first kappa shape index (κ1) is 39.5. The van der Waals surface area contributed by atoms with Gasteiger partial charge in [0.2, 0.25) is 0 Å². The van der Waals surface area contributed by atoms with Gasteiger partial charge in [0.05, 0.1) is 55.5 Å². The highest BCUT2D eigenvalue weighted by Gasteiger charge is 2.35. The molecule has 0 aliphatic heterocycles. The number of anilines is 1. The largest absolute Gasteiger partial charge is 0.417 e. The summed E-state index contributed by atoms with van der Waals surface area (Å²) in [6.07, 6.45) is -7.71. The first-order chi connectivity index (χ1) is 26.7. The van der Waals surface area contributed by atoms with Crippen LogP contribution in [0.4, 0.5) is 32.2 Å². The molecule has 17 heteroatoms. The fraction of sp³-hybridized carbons (Fsp3) is 0.103. The summed E-state index contributed by atoms with van der Waals surface area (Å²) in [5.41, 5.74) is 7.19. The zero-order valence-electron chi connectivity index (χ0n) is 28.3. The molecule has 0 saturated carbocycles. The average Bonchev–Trinajstić information content (AvgIpc) is 3.49. The number of fused-ring (bicyclic) bond motifs is 3. The zero-order chi connectivity index (χ0) is 39.9. The van der Waals surface area contributed by atoms with Crippen LogP contribution in [0.2, 0.25) is 10.0 Å². The van der Waals surface area contributed by atoms with Crippen LogP contribution in [0.15, 0.2) is 103 Å². The summed E-state index contributed by atoms with van der Waals surface area (Å²) < 4.78 is 83.5. The Balaban J connectivity index is 0.000000183. The summed E-state index contributed by atoms with van der Waals surface area (Å²) in [7, 11) is 0. The van der Waals surface area contributed by atoms with E-state index in [1.165, 1.54) is 30.6 Å². The molecule has 0 aliphatic carbocycles. The molecule has 0 fully saturated rings. The van der Waals surface area contributed by atoms with Gasteiger partial charge in [-0.1, -0.05) is 83.9 Å². The van der Waals surface area contributed by atoms with Gasteiger partial charge in [-0.05, 0) is 64.6 Å². The molecule has 8 rings (SSSR count). The number of hydrogen-bond donors (Lipinski definition) is 1. The molecule has 8 aromatic rings. The first-order valence-electron chi connectivity index (χ1n) is 16.3. The number of halogens is 10. The van der Waals surface area contributed by atoms with E-state index in [0.717, 1.165) is 17.5 Å². The highest BCUT2D eigenvalue weighted by atomic mass is 127. The van der Waals surface area contributed by atoms with E-state index in [-0.39, 0.29) is 40.8 Å². The third-order valence-corrected chi connectivity index (χ3v) is 10.4. The average molecular weight is 937 g/mol. The summed E-state index contributed by atoms with van der Waals surface area (Å²) in [6.45, 7) is 0.118. The second-order valence-electron chi connectivity index (χ2n) is 12.2. The predicted molar refractivity (Wildman–Crippen MR) is 215 cm³/mol. The van der Waals surface area contributed by atoms with Crippen molar-refractivity contribution in [2.75, 3.05) is 5.73 Å². The molecular formula is C39H23Cl3F6IN7. The predicted octanol–water partition coefficient (Wildman–Crippen LogP) is 12.3. The molecule has 2 N–H and O–H groups in total. The van der Waals surface area contributed by atoms with Crippen molar-refractivity contribution in [1.82, 2.24) is 29.7 Å². The van der Waals surface area contributed by atoms with Crippen molar-refractivity contribution in [1.29, 1.82) is 0 Å². The lowest BCUT2D eigenvalue weighted by molar-refractivity contribution is -0.137. The first-order valence-corrected chi connectivity index (χ1v) is 18.7. The van der Waals surface area contributed by atoms with Crippen molar-refractivity contribution in [2.24, 2.45) is 0 Å². The monoisotopic (exact) mass is 935 g/mol. The number of benzene rings is 4. The number of nitrogens with two attached hydrogens (primary N) is 1. The quantitative estimate of drug-likeness (QED) is 0.105. The number of nitrogen functional groups attached to an aromatic ring is 1. The second-order valence-corrected chi connectivity index (χ2v) is 14.3. The number of para-hydroxylation sites is 2. The van der Waals surface area contributed by atoms with Crippen molar-refractivity contribution >= 4 is 96.1 Å². The standard InChI is InChI=1S/C22H13ClF3IN6.C17H10Cl2F3N/c23-15-7-3-4-11-8-12(9-33-21-16(19(27)32-33)20(28)29-10-30-21)17(31-18(11)15)13-5-1-2-6-14(13)22(24,25)26;18-9-11-8-10-4-3-7-14(19)16(10)23-15(11)12-5-1-2-6-13(12)17(20,21)22/h1-8,10H,9H2,(H2,28,29,30);1-8H,9H2. The number of pyridine rings is 2. The van der Waals surface area contributed by atoms with Crippen LogP contribution in [0.3, 0.4) is 0 Å². The van der Waals surface area contributed by atoms with E-state index in [1.54, 1.807) is 59.3 Å². The molecule has 0 unspecified atom stereocenters. The third-order valence-electron chi connectivity index (χ3n) is 8.71. The Labute approximate surface area is 342 Å². The molecule has 0 radical (unpaired) electrons. The maximum absolute atomic E-state index is 13.8. The van der Waals surface area contributed by atoms with E-state index >= 15 is 0 Å². The van der Waals surface area contributed by atoms with Gasteiger partial charge >= 0.3 is 12.4 Å². The van der Waals surface area contributed by atoms with Crippen LogP contribution in [0, 0.1) is 3.70 Å². The van der Waals surface area contributed by atoms with Gasteiger partial charge in [0.1, 0.15) is 15.8 Å². The molecule has 0 aliphatic rings. The SMILES string of the molecule is FC(F)(F)c1ccccc1-c1nc2c(Cl)cccc2cc1CCl.Nc1ncnc2c1c(I)nn2Cc1cc2cccc(Cl)c2nc1-c1ccccc1C(F)(F)F. The summed E-state index contributed by atoms with van der Waals surface area (Å²) in [6, 6.07) is 24.6. The van der Waals surface area contributed by atoms with Crippen molar-refractivity contribution in [3.8, 4) is 22.5 Å². The minimum atomic E-state index is -4.56. The van der Waals surface area contributed by atoms with Crippen LogP contribution in [0.25, 0.3) is 55.4 Å². The van der Waals surface area contributed by atoms with Crippen LogP contribution in [-0.4, -0.2) is 29.7 Å². The maximum Gasteiger partial charge on any atom is 0.417 e. The Hall–Kier alpha value is -4.77. The lowest BCUT2D eigenvalue weighted by atomic mass is 9.98. The van der Waals surface area contributed by atoms with Gasteiger partial charge in [0.15, 0.2) is 5.65 Å². The molecule has 0 saturated heterocycles. The normalized spacial score (nSPS) is 12.0. The third kappa shape index (κ3) is 7.79. The van der Waals surface area contributed by atoms with Gasteiger partial charge in [-0.25, -0.2) is 24.6 Å². The number of rotatable bonds is 5. The lowest BCUT2D eigenvalue weighted by Crippen LogP contribution is -2.10. The van der Waals surface area contributed by atoms with E-state index in [0.29, 0.717) is 52.3 Å². The fourth-order valence-electron chi connectivity index (χ4n) is 6.23. The molecule has 0 atom stereocenters. The highest BCUT2D eigenvalue weighted by Crippen LogP contribution is 2.41. The molecule has 7 nitrogen and oxygen atoms in total. The summed E-state index contributed by atoms with van der Waals surface area (Å²) in [4.78, 5) is 17.2. The minimum absolute atomic E-state index is 0.00234. The van der Waals surface area contributed by atoms with Crippen molar-refractivity contribution in [2.45, 2.75) is 24.8 Å². The van der Waals surface area contributed by atoms with Crippen molar-refractivity contribution in [3.05, 3.63) is 139 Å². The Bertz CT molecular complexity index is 2780. The van der Waals surface area contributed by atoms with Gasteiger partial charge in [-0.2, -0.15) is 31.4 Å². The second kappa shape index (κ2) is 15.6. The molecule has 0 bridgehead atoms. The summed E-state index contributed by atoms with van der Waals surface area (Å²) in [5, 5.41) is 7.26.